The number of hydrogen-bond donors (Lipinski definition) is 1. The summed E-state index contributed by atoms with van der Waals surface area (Å²) in [5.74, 6) is 1.03. The van der Waals surface area contributed by atoms with E-state index >= 15 is 0 Å². The van der Waals surface area contributed by atoms with Crippen LogP contribution in [0.5, 0.6) is 0 Å². The Hall–Kier alpha value is -1.06. The summed E-state index contributed by atoms with van der Waals surface area (Å²) in [6, 6.07) is 7.00. The monoisotopic (exact) mass is 271 g/mol. The van der Waals surface area contributed by atoms with Gasteiger partial charge in [-0.05, 0) is 42.4 Å². The Kier molecular flexibility index (Phi) is 3.41. The van der Waals surface area contributed by atoms with Crippen LogP contribution in [0.25, 0.3) is 0 Å². The highest BCUT2D eigenvalue weighted by molar-refractivity contribution is 5.57. The molecule has 2 heterocycles. The second-order valence-electron chi connectivity index (χ2n) is 6.69. The van der Waals surface area contributed by atoms with Crippen molar-refractivity contribution in [3.63, 3.8) is 0 Å². The second kappa shape index (κ2) is 5.38. The molecule has 0 spiro atoms. The van der Waals surface area contributed by atoms with Gasteiger partial charge in [-0.25, -0.2) is 0 Å². The molecule has 3 nitrogen and oxygen atoms in total. The first kappa shape index (κ1) is 12.7. The van der Waals surface area contributed by atoms with Crippen LogP contribution in [0.3, 0.4) is 0 Å². The topological polar surface area (TPSA) is 18.5 Å². The first-order valence-corrected chi connectivity index (χ1v) is 8.17. The summed E-state index contributed by atoms with van der Waals surface area (Å²) in [5, 5.41) is 3.49. The molecule has 3 heteroatoms. The zero-order chi connectivity index (χ0) is 13.4. The highest BCUT2D eigenvalue weighted by Gasteiger charge is 2.26. The number of rotatable bonds is 4. The first-order valence-electron chi connectivity index (χ1n) is 8.17. The zero-order valence-electron chi connectivity index (χ0n) is 12.3. The summed E-state index contributed by atoms with van der Waals surface area (Å²) in [5.41, 5.74) is 4.33. The maximum Gasteiger partial charge on any atom is 0.0376 e. The highest BCUT2D eigenvalue weighted by atomic mass is 15.3. The molecule has 0 radical (unpaired) electrons. The summed E-state index contributed by atoms with van der Waals surface area (Å²) >= 11 is 0. The molecule has 0 amide bonds. The standard InChI is InChI=1S/C17H25N3/c1-2-14(1)12-19-7-9-20(10-8-19)13-15-3-4-16-5-6-18-17(16)11-15/h3-4,11,14,18H,1-2,5-10,12-13H2. The molecule has 2 fully saturated rings. The van der Waals surface area contributed by atoms with Crippen LogP contribution in [0.2, 0.25) is 0 Å². The van der Waals surface area contributed by atoms with Gasteiger partial charge < -0.3 is 10.2 Å². The summed E-state index contributed by atoms with van der Waals surface area (Å²) in [7, 11) is 0. The lowest BCUT2D eigenvalue weighted by atomic mass is 10.1. The summed E-state index contributed by atoms with van der Waals surface area (Å²) < 4.78 is 0. The van der Waals surface area contributed by atoms with Crippen molar-refractivity contribution in [3.8, 4) is 0 Å². The molecule has 1 saturated carbocycles. The van der Waals surface area contributed by atoms with Crippen molar-refractivity contribution in [2.75, 3.05) is 44.6 Å². The molecule has 0 unspecified atom stereocenters. The van der Waals surface area contributed by atoms with Crippen LogP contribution in [0.1, 0.15) is 24.0 Å². The predicted molar refractivity (Wildman–Crippen MR) is 83.1 cm³/mol. The number of hydrogen-bond acceptors (Lipinski definition) is 3. The Bertz CT molecular complexity index is 473. The second-order valence-corrected chi connectivity index (χ2v) is 6.69. The van der Waals surface area contributed by atoms with E-state index in [0.717, 1.165) is 19.0 Å². The van der Waals surface area contributed by atoms with Crippen molar-refractivity contribution in [2.45, 2.75) is 25.8 Å². The van der Waals surface area contributed by atoms with Crippen LogP contribution in [-0.2, 0) is 13.0 Å². The molecule has 1 aromatic rings. The van der Waals surface area contributed by atoms with Gasteiger partial charge in [-0.15, -0.1) is 0 Å². The molecule has 2 aliphatic heterocycles. The normalized spacial score (nSPS) is 23.6. The SMILES string of the molecule is c1cc2c(cc1CN1CCN(CC3CC3)CC1)NCC2. The largest absolute Gasteiger partial charge is 0.384 e. The first-order chi connectivity index (χ1) is 9.87. The fraction of sp³-hybridized carbons (Fsp3) is 0.647. The number of benzene rings is 1. The van der Waals surface area contributed by atoms with Gasteiger partial charge in [0.15, 0.2) is 0 Å². The molecule has 1 saturated heterocycles. The van der Waals surface area contributed by atoms with E-state index in [-0.39, 0.29) is 0 Å². The van der Waals surface area contributed by atoms with Crippen molar-refractivity contribution >= 4 is 5.69 Å². The third-order valence-corrected chi connectivity index (χ3v) is 4.97. The van der Waals surface area contributed by atoms with E-state index in [4.69, 9.17) is 0 Å². The highest BCUT2D eigenvalue weighted by Crippen LogP contribution is 2.30. The van der Waals surface area contributed by atoms with E-state index in [1.165, 1.54) is 68.8 Å². The van der Waals surface area contributed by atoms with Crippen LogP contribution < -0.4 is 5.32 Å². The van der Waals surface area contributed by atoms with Crippen LogP contribution in [0.4, 0.5) is 5.69 Å². The van der Waals surface area contributed by atoms with E-state index in [0.29, 0.717) is 0 Å². The van der Waals surface area contributed by atoms with Crippen LogP contribution in [0.15, 0.2) is 18.2 Å². The summed E-state index contributed by atoms with van der Waals surface area (Å²) in [4.78, 5) is 5.28. The van der Waals surface area contributed by atoms with Crippen molar-refractivity contribution in [1.82, 2.24) is 9.80 Å². The number of piperazine rings is 1. The van der Waals surface area contributed by atoms with E-state index in [1.54, 1.807) is 0 Å². The van der Waals surface area contributed by atoms with Gasteiger partial charge in [0.25, 0.3) is 0 Å². The molecule has 0 bridgehead atoms. The Morgan fingerprint density at radius 1 is 1.05 bits per heavy atom. The van der Waals surface area contributed by atoms with Crippen LogP contribution in [-0.4, -0.2) is 49.1 Å². The summed E-state index contributed by atoms with van der Waals surface area (Å²) in [6.07, 6.45) is 4.14. The smallest absolute Gasteiger partial charge is 0.0376 e. The van der Waals surface area contributed by atoms with Crippen molar-refractivity contribution < 1.29 is 0 Å². The van der Waals surface area contributed by atoms with Gasteiger partial charge >= 0.3 is 0 Å². The van der Waals surface area contributed by atoms with Gasteiger partial charge in [0, 0.05) is 51.5 Å². The van der Waals surface area contributed by atoms with Gasteiger partial charge in [0.05, 0.1) is 0 Å². The van der Waals surface area contributed by atoms with Gasteiger partial charge in [-0.1, -0.05) is 12.1 Å². The van der Waals surface area contributed by atoms with E-state index < -0.39 is 0 Å². The van der Waals surface area contributed by atoms with Crippen LogP contribution >= 0.6 is 0 Å². The summed E-state index contributed by atoms with van der Waals surface area (Å²) in [6.45, 7) is 8.58. The van der Waals surface area contributed by atoms with E-state index in [1.807, 2.05) is 0 Å². The van der Waals surface area contributed by atoms with Gasteiger partial charge in [0.1, 0.15) is 0 Å². The fourth-order valence-corrected chi connectivity index (χ4v) is 3.49. The third kappa shape index (κ3) is 2.84. The molecule has 20 heavy (non-hydrogen) atoms. The number of nitrogens with one attached hydrogen (secondary N) is 1. The lowest BCUT2D eigenvalue weighted by molar-refractivity contribution is 0.123. The quantitative estimate of drug-likeness (QED) is 0.905. The maximum absolute atomic E-state index is 3.49. The average Bonchev–Trinajstić information content (AvgIpc) is 3.15. The minimum atomic E-state index is 1.03. The van der Waals surface area contributed by atoms with Gasteiger partial charge in [-0.2, -0.15) is 0 Å². The number of fused-ring (bicyclic) bond motifs is 1. The molecule has 3 aliphatic rings. The van der Waals surface area contributed by atoms with Crippen LogP contribution in [0, 0.1) is 5.92 Å². The Balaban J connectivity index is 1.31. The van der Waals surface area contributed by atoms with Gasteiger partial charge in [-0.3, -0.25) is 4.90 Å². The molecule has 0 aromatic heterocycles. The van der Waals surface area contributed by atoms with Crippen molar-refractivity contribution in [3.05, 3.63) is 29.3 Å². The average molecular weight is 271 g/mol. The number of nitrogens with zero attached hydrogens (tertiary/aromatic N) is 2. The molecule has 1 aromatic carbocycles. The lowest BCUT2D eigenvalue weighted by Crippen LogP contribution is -2.46. The third-order valence-electron chi connectivity index (χ3n) is 4.97. The molecule has 1 aliphatic carbocycles. The number of anilines is 1. The minimum Gasteiger partial charge on any atom is -0.384 e. The fourth-order valence-electron chi connectivity index (χ4n) is 3.49. The molecule has 1 N–H and O–H groups in total. The molecular formula is C17H25N3. The molecular weight excluding hydrogens is 246 g/mol. The molecule has 0 atom stereocenters. The Labute approximate surface area is 121 Å². The predicted octanol–water partition coefficient (Wildman–Crippen LogP) is 2.18. The Morgan fingerprint density at radius 3 is 2.65 bits per heavy atom. The Morgan fingerprint density at radius 2 is 1.85 bits per heavy atom. The van der Waals surface area contributed by atoms with Crippen molar-refractivity contribution in [2.24, 2.45) is 5.92 Å². The molecule has 108 valence electrons. The van der Waals surface area contributed by atoms with Crippen molar-refractivity contribution in [1.29, 1.82) is 0 Å². The van der Waals surface area contributed by atoms with Gasteiger partial charge in [0.2, 0.25) is 0 Å². The zero-order valence-corrected chi connectivity index (χ0v) is 12.3. The minimum absolute atomic E-state index is 1.03. The molecule has 4 rings (SSSR count). The lowest BCUT2D eigenvalue weighted by Gasteiger charge is -2.34. The van der Waals surface area contributed by atoms with E-state index in [2.05, 4.69) is 33.3 Å². The maximum atomic E-state index is 3.49. The van der Waals surface area contributed by atoms with E-state index in [9.17, 15) is 0 Å².